The molecule has 86 valence electrons. The first-order valence-electron chi connectivity index (χ1n) is 5.49. The summed E-state index contributed by atoms with van der Waals surface area (Å²) in [4.78, 5) is 24.5. The topological polar surface area (TPSA) is 61.4 Å². The van der Waals surface area contributed by atoms with Crippen LogP contribution in [-0.2, 0) is 9.59 Å². The van der Waals surface area contributed by atoms with Crippen LogP contribution in [0.25, 0.3) is 0 Å². The van der Waals surface area contributed by atoms with Crippen LogP contribution in [0.1, 0.15) is 19.8 Å². The molecular formula is C10H19N3O2. The molecule has 0 aliphatic carbocycles. The van der Waals surface area contributed by atoms with Crippen LogP contribution in [0.2, 0.25) is 0 Å². The molecule has 0 atom stereocenters. The maximum Gasteiger partial charge on any atom is 0.223 e. The summed E-state index contributed by atoms with van der Waals surface area (Å²) in [7, 11) is 0. The zero-order chi connectivity index (χ0) is 11.1. The van der Waals surface area contributed by atoms with E-state index in [0.29, 0.717) is 39.0 Å². The highest BCUT2D eigenvalue weighted by Crippen LogP contribution is 1.99. The molecule has 0 aromatic rings. The third-order valence-corrected chi connectivity index (χ3v) is 2.43. The number of carbonyl (C=O) groups excluding carboxylic acids is 2. The van der Waals surface area contributed by atoms with Crippen LogP contribution >= 0.6 is 0 Å². The van der Waals surface area contributed by atoms with E-state index in [4.69, 9.17) is 0 Å². The average Bonchev–Trinajstić information content (AvgIpc) is 2.43. The molecule has 0 bridgehead atoms. The Kier molecular flexibility index (Phi) is 5.10. The molecule has 0 radical (unpaired) electrons. The predicted octanol–water partition coefficient (Wildman–Crippen LogP) is -0.665. The minimum absolute atomic E-state index is 0.0389. The second-order valence-corrected chi connectivity index (χ2v) is 3.58. The van der Waals surface area contributed by atoms with Gasteiger partial charge in [0.25, 0.3) is 0 Å². The van der Waals surface area contributed by atoms with Gasteiger partial charge in [0.2, 0.25) is 11.8 Å². The third kappa shape index (κ3) is 4.29. The summed E-state index contributed by atoms with van der Waals surface area (Å²) in [5, 5.41) is 5.86. The van der Waals surface area contributed by atoms with Gasteiger partial charge in [0.1, 0.15) is 0 Å². The van der Waals surface area contributed by atoms with Crippen LogP contribution in [0.5, 0.6) is 0 Å². The number of nitrogens with zero attached hydrogens (tertiary/aromatic N) is 1. The second-order valence-electron chi connectivity index (χ2n) is 3.58. The van der Waals surface area contributed by atoms with E-state index in [2.05, 4.69) is 10.6 Å². The van der Waals surface area contributed by atoms with Gasteiger partial charge in [-0.2, -0.15) is 0 Å². The molecule has 1 saturated heterocycles. The fourth-order valence-electron chi connectivity index (χ4n) is 1.55. The van der Waals surface area contributed by atoms with Crippen molar-refractivity contribution in [2.24, 2.45) is 0 Å². The summed E-state index contributed by atoms with van der Waals surface area (Å²) in [6.07, 6.45) is 0.939. The SMILES string of the molecule is CCNCCC(=O)N1CCNC(=O)CC1. The maximum absolute atomic E-state index is 11.7. The summed E-state index contributed by atoms with van der Waals surface area (Å²) in [6.45, 7) is 5.37. The molecule has 0 aromatic heterocycles. The van der Waals surface area contributed by atoms with Crippen LogP contribution in [-0.4, -0.2) is 49.4 Å². The van der Waals surface area contributed by atoms with Crippen LogP contribution in [0.4, 0.5) is 0 Å². The minimum atomic E-state index is 0.0389. The van der Waals surface area contributed by atoms with Gasteiger partial charge in [0.05, 0.1) is 0 Å². The van der Waals surface area contributed by atoms with E-state index in [-0.39, 0.29) is 11.8 Å². The van der Waals surface area contributed by atoms with Gasteiger partial charge in [-0.1, -0.05) is 6.92 Å². The van der Waals surface area contributed by atoms with Crippen LogP contribution < -0.4 is 10.6 Å². The molecule has 2 N–H and O–H groups in total. The number of nitrogens with one attached hydrogen (secondary N) is 2. The Morgan fingerprint density at radius 2 is 2.33 bits per heavy atom. The van der Waals surface area contributed by atoms with Gasteiger partial charge in [-0.15, -0.1) is 0 Å². The molecule has 5 nitrogen and oxygen atoms in total. The lowest BCUT2D eigenvalue weighted by Gasteiger charge is -2.19. The zero-order valence-corrected chi connectivity index (χ0v) is 9.21. The Bertz CT molecular complexity index is 231. The first kappa shape index (κ1) is 12.0. The van der Waals surface area contributed by atoms with E-state index in [1.54, 1.807) is 4.90 Å². The highest BCUT2D eigenvalue weighted by molar-refractivity contribution is 5.80. The Hall–Kier alpha value is -1.10. The van der Waals surface area contributed by atoms with E-state index in [9.17, 15) is 9.59 Å². The van der Waals surface area contributed by atoms with E-state index < -0.39 is 0 Å². The molecule has 1 heterocycles. The Balaban J connectivity index is 2.28. The molecule has 0 unspecified atom stereocenters. The van der Waals surface area contributed by atoms with Crippen molar-refractivity contribution in [1.29, 1.82) is 0 Å². The van der Waals surface area contributed by atoms with E-state index in [1.807, 2.05) is 6.92 Å². The molecule has 1 fully saturated rings. The highest BCUT2D eigenvalue weighted by atomic mass is 16.2. The van der Waals surface area contributed by atoms with Gasteiger partial charge in [0.15, 0.2) is 0 Å². The molecule has 0 aromatic carbocycles. The van der Waals surface area contributed by atoms with Gasteiger partial charge in [-0.25, -0.2) is 0 Å². The van der Waals surface area contributed by atoms with Gasteiger partial charge in [-0.3, -0.25) is 9.59 Å². The summed E-state index contributed by atoms with van der Waals surface area (Å²) in [6, 6.07) is 0. The molecule has 1 aliphatic heterocycles. The normalized spacial score (nSPS) is 17.1. The van der Waals surface area contributed by atoms with Gasteiger partial charge in [-0.05, 0) is 6.54 Å². The lowest BCUT2D eigenvalue weighted by Crippen LogP contribution is -2.35. The number of rotatable bonds is 4. The summed E-state index contributed by atoms with van der Waals surface area (Å²) >= 11 is 0. The zero-order valence-electron chi connectivity index (χ0n) is 9.21. The Morgan fingerprint density at radius 3 is 3.07 bits per heavy atom. The Labute approximate surface area is 90.2 Å². The van der Waals surface area contributed by atoms with Crippen molar-refractivity contribution in [2.45, 2.75) is 19.8 Å². The van der Waals surface area contributed by atoms with Crippen molar-refractivity contribution < 1.29 is 9.59 Å². The lowest BCUT2D eigenvalue weighted by atomic mass is 10.3. The average molecular weight is 213 g/mol. The van der Waals surface area contributed by atoms with Crippen molar-refractivity contribution in [3.05, 3.63) is 0 Å². The molecule has 0 spiro atoms. The maximum atomic E-state index is 11.7. The molecule has 15 heavy (non-hydrogen) atoms. The molecular weight excluding hydrogens is 194 g/mol. The quantitative estimate of drug-likeness (QED) is 0.609. The number of hydrogen-bond donors (Lipinski definition) is 2. The lowest BCUT2D eigenvalue weighted by molar-refractivity contribution is -0.130. The molecule has 1 aliphatic rings. The summed E-state index contributed by atoms with van der Waals surface area (Å²) in [5.74, 6) is 0.171. The smallest absolute Gasteiger partial charge is 0.223 e. The van der Waals surface area contributed by atoms with E-state index >= 15 is 0 Å². The first-order valence-corrected chi connectivity index (χ1v) is 5.49. The highest BCUT2D eigenvalue weighted by Gasteiger charge is 2.17. The molecule has 0 saturated carbocycles. The van der Waals surface area contributed by atoms with Gasteiger partial charge < -0.3 is 15.5 Å². The van der Waals surface area contributed by atoms with Crippen LogP contribution in [0.3, 0.4) is 0 Å². The van der Waals surface area contributed by atoms with Crippen molar-refractivity contribution in [1.82, 2.24) is 15.5 Å². The van der Waals surface area contributed by atoms with Crippen molar-refractivity contribution in [3.8, 4) is 0 Å². The van der Waals surface area contributed by atoms with Crippen molar-refractivity contribution in [2.75, 3.05) is 32.7 Å². The minimum Gasteiger partial charge on any atom is -0.354 e. The van der Waals surface area contributed by atoms with Crippen molar-refractivity contribution >= 4 is 11.8 Å². The van der Waals surface area contributed by atoms with Gasteiger partial charge in [0, 0.05) is 39.0 Å². The van der Waals surface area contributed by atoms with Gasteiger partial charge >= 0.3 is 0 Å². The monoisotopic (exact) mass is 213 g/mol. The third-order valence-electron chi connectivity index (χ3n) is 2.43. The summed E-state index contributed by atoms with van der Waals surface area (Å²) < 4.78 is 0. The molecule has 1 rings (SSSR count). The van der Waals surface area contributed by atoms with Crippen LogP contribution in [0.15, 0.2) is 0 Å². The van der Waals surface area contributed by atoms with E-state index in [1.165, 1.54) is 0 Å². The predicted molar refractivity (Wildman–Crippen MR) is 57.4 cm³/mol. The number of carbonyl (C=O) groups is 2. The standard InChI is InChI=1S/C10H19N3O2/c1-2-11-5-3-10(15)13-7-4-9(14)12-6-8-13/h11H,2-8H2,1H3,(H,12,14). The first-order chi connectivity index (χ1) is 7.24. The number of amides is 2. The van der Waals surface area contributed by atoms with Crippen molar-refractivity contribution in [3.63, 3.8) is 0 Å². The number of hydrogen-bond acceptors (Lipinski definition) is 3. The van der Waals surface area contributed by atoms with E-state index in [0.717, 1.165) is 6.54 Å². The fourth-order valence-corrected chi connectivity index (χ4v) is 1.55. The molecule has 5 heteroatoms. The van der Waals surface area contributed by atoms with Crippen LogP contribution in [0, 0.1) is 0 Å². The second kappa shape index (κ2) is 6.40. The Morgan fingerprint density at radius 1 is 1.53 bits per heavy atom. The largest absolute Gasteiger partial charge is 0.354 e. The fraction of sp³-hybridized carbons (Fsp3) is 0.800. The summed E-state index contributed by atoms with van der Waals surface area (Å²) in [5.41, 5.74) is 0. The molecule has 2 amide bonds.